The summed E-state index contributed by atoms with van der Waals surface area (Å²) in [6, 6.07) is 0. The maximum atomic E-state index is 12.2. The highest BCUT2D eigenvalue weighted by molar-refractivity contribution is 5.83. The Hall–Kier alpha value is -3.07. The first-order valence-electron chi connectivity index (χ1n) is 11.6. The van der Waals surface area contributed by atoms with Gasteiger partial charge in [0.2, 0.25) is 5.82 Å². The van der Waals surface area contributed by atoms with Crippen LogP contribution in [0.2, 0.25) is 0 Å². The second-order valence-electron chi connectivity index (χ2n) is 8.91. The number of fused-ring (bicyclic) bond motifs is 1. The van der Waals surface area contributed by atoms with Crippen LogP contribution in [0.4, 0.5) is 5.82 Å². The Kier molecular flexibility index (Phi) is 7.11. The predicted octanol–water partition coefficient (Wildman–Crippen LogP) is 0.301. The molecule has 34 heavy (non-hydrogen) atoms. The highest BCUT2D eigenvalue weighted by Gasteiger charge is 2.47. The van der Waals surface area contributed by atoms with Crippen molar-refractivity contribution in [1.82, 2.24) is 24.8 Å². The Bertz CT molecular complexity index is 1130. The smallest absolute Gasteiger partial charge is 0.252 e. The van der Waals surface area contributed by atoms with Gasteiger partial charge in [-0.15, -0.1) is 0 Å². The van der Waals surface area contributed by atoms with Crippen LogP contribution in [-0.4, -0.2) is 66.3 Å². The number of ether oxygens (including phenoxy) is 1. The van der Waals surface area contributed by atoms with E-state index in [-0.39, 0.29) is 29.0 Å². The first kappa shape index (κ1) is 24.1. The number of nitrogens with two attached hydrogens (primary N) is 1. The lowest BCUT2D eigenvalue weighted by Crippen LogP contribution is -2.42. The number of nitrogens with one attached hydrogen (secondary N) is 1. The molecule has 182 valence electrons. The summed E-state index contributed by atoms with van der Waals surface area (Å²) >= 11 is 0. The van der Waals surface area contributed by atoms with E-state index in [2.05, 4.69) is 32.1 Å². The normalized spacial score (nSPS) is 28.9. The number of anilines is 1. The molecule has 4 atom stereocenters. The molecule has 0 aromatic carbocycles. The molecule has 5 N–H and O–H groups in total. The summed E-state index contributed by atoms with van der Waals surface area (Å²) in [5, 5.41) is 23.4. The van der Waals surface area contributed by atoms with E-state index in [0.29, 0.717) is 24.4 Å². The Labute approximate surface area is 197 Å². The van der Waals surface area contributed by atoms with Crippen LogP contribution in [0.5, 0.6) is 0 Å². The van der Waals surface area contributed by atoms with Crippen molar-refractivity contribution in [1.29, 1.82) is 0 Å². The Morgan fingerprint density at radius 2 is 1.97 bits per heavy atom. The summed E-state index contributed by atoms with van der Waals surface area (Å²) in [6.07, 6.45) is 0.711. The van der Waals surface area contributed by atoms with Gasteiger partial charge in [0.1, 0.15) is 23.5 Å². The van der Waals surface area contributed by atoms with Crippen molar-refractivity contribution in [3.63, 3.8) is 0 Å². The number of ketones is 1. The number of carbonyl (C=O) groups is 2. The van der Waals surface area contributed by atoms with Crippen molar-refractivity contribution in [3.05, 3.63) is 12.2 Å². The molecule has 2 fully saturated rings. The number of rotatable bonds is 5. The zero-order valence-corrected chi connectivity index (χ0v) is 19.3. The summed E-state index contributed by atoms with van der Waals surface area (Å²) in [7, 11) is 0. The number of nitrogen functional groups attached to an aromatic ring is 1. The van der Waals surface area contributed by atoms with Gasteiger partial charge in [0.15, 0.2) is 23.8 Å². The third-order valence-electron chi connectivity index (χ3n) is 6.58. The van der Waals surface area contributed by atoms with E-state index in [1.807, 2.05) is 0 Å². The SMILES string of the molecule is CCNC(=O)[C@H]1O[C@@H](n2cnc3c(N)nc(C#CCC4CCC(C(C)=O)CC4)nc32)[C@@H](O)C1O. The van der Waals surface area contributed by atoms with Crippen molar-refractivity contribution in [3.8, 4) is 11.8 Å². The summed E-state index contributed by atoms with van der Waals surface area (Å²) < 4.78 is 7.09. The number of hydrogen-bond donors (Lipinski definition) is 4. The summed E-state index contributed by atoms with van der Waals surface area (Å²) in [6.45, 7) is 3.77. The van der Waals surface area contributed by atoms with Gasteiger partial charge in [-0.3, -0.25) is 14.2 Å². The number of amides is 1. The van der Waals surface area contributed by atoms with Crippen LogP contribution in [0.15, 0.2) is 6.33 Å². The number of hydrogen-bond acceptors (Lipinski definition) is 9. The van der Waals surface area contributed by atoms with E-state index in [1.54, 1.807) is 13.8 Å². The number of likely N-dealkylation sites (N-methyl/N-ethyl adjacent to an activating group) is 1. The van der Waals surface area contributed by atoms with Gasteiger partial charge in [0.25, 0.3) is 5.91 Å². The van der Waals surface area contributed by atoms with Gasteiger partial charge in [-0.25, -0.2) is 15.0 Å². The van der Waals surface area contributed by atoms with Gasteiger partial charge >= 0.3 is 0 Å². The number of nitrogens with zero attached hydrogens (tertiary/aromatic N) is 4. The van der Waals surface area contributed by atoms with E-state index in [0.717, 1.165) is 25.7 Å². The number of carbonyl (C=O) groups excluding carboxylic acids is 2. The van der Waals surface area contributed by atoms with Crippen LogP contribution in [0, 0.1) is 23.7 Å². The first-order chi connectivity index (χ1) is 16.3. The fraction of sp³-hybridized carbons (Fsp3) is 0.609. The maximum Gasteiger partial charge on any atom is 0.252 e. The number of aliphatic hydroxyl groups is 2. The van der Waals surface area contributed by atoms with Crippen LogP contribution in [0.3, 0.4) is 0 Å². The minimum atomic E-state index is -1.41. The maximum absolute atomic E-state index is 12.2. The van der Waals surface area contributed by atoms with Crippen LogP contribution >= 0.6 is 0 Å². The van der Waals surface area contributed by atoms with Crippen molar-refractivity contribution < 1.29 is 24.5 Å². The fourth-order valence-electron chi connectivity index (χ4n) is 4.61. The molecule has 2 aromatic rings. The molecule has 2 aliphatic rings. The molecule has 1 amide bonds. The highest BCUT2D eigenvalue weighted by Crippen LogP contribution is 2.33. The standard InChI is InChI=1S/C23H30N6O5/c1-3-25-22(33)19-17(31)18(32)23(34-19)29-11-26-16-20(24)27-15(28-21(16)29)6-4-5-13-7-9-14(10-8-13)12(2)30/h11,13-14,17-19,23,31-32H,3,5,7-10H2,1-2H3,(H,25,33)(H2,24,27,28)/t13?,14?,17?,18-,19-,23+/m0/s1. The molecule has 0 bridgehead atoms. The Morgan fingerprint density at radius 1 is 1.24 bits per heavy atom. The molecular weight excluding hydrogens is 440 g/mol. The molecule has 11 nitrogen and oxygen atoms in total. The lowest BCUT2D eigenvalue weighted by Gasteiger charge is -2.25. The lowest BCUT2D eigenvalue weighted by molar-refractivity contribution is -0.137. The number of imidazole rings is 1. The van der Waals surface area contributed by atoms with Crippen LogP contribution in [0.1, 0.15) is 58.0 Å². The van der Waals surface area contributed by atoms with Gasteiger partial charge in [0, 0.05) is 18.9 Å². The minimum Gasteiger partial charge on any atom is -0.387 e. The average Bonchev–Trinajstić information content (AvgIpc) is 3.36. The third-order valence-corrected chi connectivity index (χ3v) is 6.58. The zero-order valence-electron chi connectivity index (χ0n) is 19.3. The monoisotopic (exact) mass is 470 g/mol. The molecule has 2 aromatic heterocycles. The second kappa shape index (κ2) is 10.0. The van der Waals surface area contributed by atoms with Crippen molar-refractivity contribution in [2.24, 2.45) is 11.8 Å². The van der Waals surface area contributed by atoms with E-state index in [4.69, 9.17) is 10.5 Å². The summed E-state index contributed by atoms with van der Waals surface area (Å²) in [4.78, 5) is 36.6. The van der Waals surface area contributed by atoms with Crippen LogP contribution in [0.25, 0.3) is 11.2 Å². The molecule has 11 heteroatoms. The molecule has 1 aliphatic heterocycles. The average molecular weight is 471 g/mol. The topological polar surface area (TPSA) is 165 Å². The Balaban J connectivity index is 1.52. The lowest BCUT2D eigenvalue weighted by atomic mass is 9.79. The molecule has 0 radical (unpaired) electrons. The zero-order chi connectivity index (χ0) is 24.4. The van der Waals surface area contributed by atoms with Crippen LogP contribution < -0.4 is 11.1 Å². The molecule has 1 saturated heterocycles. The number of aromatic nitrogens is 4. The van der Waals surface area contributed by atoms with Gasteiger partial charge in [0.05, 0.1) is 6.33 Å². The quantitative estimate of drug-likeness (QED) is 0.450. The highest BCUT2D eigenvalue weighted by atomic mass is 16.6. The predicted molar refractivity (Wildman–Crippen MR) is 122 cm³/mol. The molecule has 0 spiro atoms. The van der Waals surface area contributed by atoms with Crippen molar-refractivity contribution in [2.75, 3.05) is 12.3 Å². The molecular formula is C23H30N6O5. The number of aliphatic hydroxyl groups excluding tert-OH is 2. The number of Topliss-reactive ketones (excluding diaryl/α,β-unsaturated/α-hetero) is 1. The van der Waals surface area contributed by atoms with Gasteiger partial charge in [-0.05, 0) is 51.4 Å². The molecule has 1 saturated carbocycles. The van der Waals surface area contributed by atoms with Crippen molar-refractivity contribution in [2.45, 2.75) is 70.5 Å². The largest absolute Gasteiger partial charge is 0.387 e. The van der Waals surface area contributed by atoms with E-state index in [9.17, 15) is 19.8 Å². The van der Waals surface area contributed by atoms with E-state index >= 15 is 0 Å². The van der Waals surface area contributed by atoms with Gasteiger partial charge < -0.3 is 26.0 Å². The second-order valence-corrected chi connectivity index (χ2v) is 8.91. The molecule has 1 unspecified atom stereocenters. The fourth-order valence-corrected chi connectivity index (χ4v) is 4.61. The van der Waals surface area contributed by atoms with Gasteiger partial charge in [-0.2, -0.15) is 0 Å². The van der Waals surface area contributed by atoms with Crippen molar-refractivity contribution >= 4 is 28.7 Å². The van der Waals surface area contributed by atoms with E-state index in [1.165, 1.54) is 10.9 Å². The van der Waals surface area contributed by atoms with E-state index < -0.39 is 30.4 Å². The molecule has 4 rings (SSSR count). The molecule has 3 heterocycles. The first-order valence-corrected chi connectivity index (χ1v) is 11.6. The Morgan fingerprint density at radius 3 is 2.65 bits per heavy atom. The summed E-state index contributed by atoms with van der Waals surface area (Å²) in [5.74, 6) is 6.77. The van der Waals surface area contributed by atoms with Crippen LogP contribution in [-0.2, 0) is 14.3 Å². The minimum absolute atomic E-state index is 0.128. The van der Waals surface area contributed by atoms with Gasteiger partial charge in [-0.1, -0.05) is 5.92 Å². The molecule has 1 aliphatic carbocycles. The summed E-state index contributed by atoms with van der Waals surface area (Å²) in [5.41, 5.74) is 6.65. The third kappa shape index (κ3) is 4.75.